The molecule has 3 N–H and O–H groups in total. The molecule has 2 aliphatic rings. The second kappa shape index (κ2) is 7.82. The first kappa shape index (κ1) is 19.1. The van der Waals surface area contributed by atoms with Crippen molar-refractivity contribution >= 4 is 34.4 Å². The molecule has 32 heavy (non-hydrogen) atoms. The number of hydrogen-bond donors (Lipinski definition) is 2. The molecule has 1 aliphatic carbocycles. The summed E-state index contributed by atoms with van der Waals surface area (Å²) in [6.45, 7) is 1.96. The number of aryl methyl sites for hydroxylation is 1. The summed E-state index contributed by atoms with van der Waals surface area (Å²) in [5.74, 6) is 1.57. The molecule has 1 saturated heterocycles. The predicted molar refractivity (Wildman–Crippen MR) is 126 cm³/mol. The van der Waals surface area contributed by atoms with Gasteiger partial charge in [-0.2, -0.15) is 4.98 Å². The Morgan fingerprint density at radius 2 is 1.84 bits per heavy atom. The predicted octanol–water partition coefficient (Wildman–Crippen LogP) is 5.01. The van der Waals surface area contributed by atoms with E-state index in [9.17, 15) is 0 Å². The van der Waals surface area contributed by atoms with Gasteiger partial charge in [-0.1, -0.05) is 24.3 Å². The van der Waals surface area contributed by atoms with Crippen LogP contribution in [0.3, 0.4) is 0 Å². The van der Waals surface area contributed by atoms with Crippen molar-refractivity contribution in [3.63, 3.8) is 0 Å². The van der Waals surface area contributed by atoms with Crippen molar-refractivity contribution in [2.45, 2.75) is 38.0 Å². The van der Waals surface area contributed by atoms with Crippen molar-refractivity contribution in [3.8, 4) is 0 Å². The average molecular weight is 427 g/mol. The van der Waals surface area contributed by atoms with Gasteiger partial charge in [-0.15, -0.1) is 0 Å². The van der Waals surface area contributed by atoms with E-state index >= 15 is 0 Å². The number of rotatable bonds is 4. The van der Waals surface area contributed by atoms with E-state index in [1.54, 1.807) is 0 Å². The number of pyridine rings is 1. The number of fused-ring (bicyclic) bond motifs is 2. The fourth-order valence-electron chi connectivity index (χ4n) is 5.06. The van der Waals surface area contributed by atoms with Crippen LogP contribution >= 0.6 is 0 Å². The Balaban J connectivity index is 1.28. The van der Waals surface area contributed by atoms with Gasteiger partial charge < -0.3 is 20.5 Å². The van der Waals surface area contributed by atoms with E-state index in [0.717, 1.165) is 48.1 Å². The molecule has 0 bridgehead atoms. The van der Waals surface area contributed by atoms with E-state index in [1.165, 1.54) is 30.4 Å². The maximum atomic E-state index is 6.39. The molecular formula is C25H26N6O. The fraction of sp³-hybridized carbons (Fsp3) is 0.320. The summed E-state index contributed by atoms with van der Waals surface area (Å²) < 4.78 is 5.45. The third kappa shape index (κ3) is 3.43. The average Bonchev–Trinajstić information content (AvgIpc) is 3.47. The van der Waals surface area contributed by atoms with Crippen LogP contribution in [-0.2, 0) is 6.42 Å². The number of nitrogens with zero attached hydrogens (tertiary/aromatic N) is 4. The van der Waals surface area contributed by atoms with E-state index < -0.39 is 0 Å². The summed E-state index contributed by atoms with van der Waals surface area (Å²) >= 11 is 0. The highest BCUT2D eigenvalue weighted by atomic mass is 16.5. The molecular weight excluding hydrogens is 400 g/mol. The van der Waals surface area contributed by atoms with Crippen molar-refractivity contribution in [1.82, 2.24) is 15.1 Å². The Bertz CT molecular complexity index is 1280. The molecule has 6 rings (SSSR count). The monoisotopic (exact) mass is 426 g/mol. The highest BCUT2D eigenvalue weighted by molar-refractivity contribution is 5.85. The summed E-state index contributed by atoms with van der Waals surface area (Å²) in [5.41, 5.74) is 12.0. The molecule has 7 heteroatoms. The number of anilines is 4. The molecule has 1 atom stereocenters. The van der Waals surface area contributed by atoms with Gasteiger partial charge in [-0.05, 0) is 72.7 Å². The van der Waals surface area contributed by atoms with Gasteiger partial charge in [-0.3, -0.25) is 0 Å². The molecule has 0 saturated carbocycles. The lowest BCUT2D eigenvalue weighted by Gasteiger charge is -2.24. The summed E-state index contributed by atoms with van der Waals surface area (Å²) in [6, 6.07) is 17.2. The van der Waals surface area contributed by atoms with Crippen LogP contribution in [0.15, 0.2) is 53.1 Å². The lowest BCUT2D eigenvalue weighted by molar-refractivity contribution is 0.429. The van der Waals surface area contributed by atoms with Crippen LogP contribution < -0.4 is 16.0 Å². The zero-order valence-electron chi connectivity index (χ0n) is 17.9. The molecule has 2 aromatic carbocycles. The Hall–Kier alpha value is -3.61. The Morgan fingerprint density at radius 1 is 0.969 bits per heavy atom. The highest BCUT2D eigenvalue weighted by Gasteiger charge is 2.26. The van der Waals surface area contributed by atoms with Gasteiger partial charge >= 0.3 is 6.01 Å². The minimum atomic E-state index is 0.294. The molecule has 0 amide bonds. The van der Waals surface area contributed by atoms with Crippen LogP contribution in [0.5, 0.6) is 0 Å². The molecule has 162 valence electrons. The molecule has 2 aromatic heterocycles. The topological polar surface area (TPSA) is 93.1 Å². The van der Waals surface area contributed by atoms with Gasteiger partial charge in [0.2, 0.25) is 0 Å². The van der Waals surface area contributed by atoms with Crippen LogP contribution in [-0.4, -0.2) is 28.2 Å². The van der Waals surface area contributed by atoms with Crippen LogP contribution in [0.4, 0.5) is 23.5 Å². The molecule has 7 nitrogen and oxygen atoms in total. The molecule has 0 unspecified atom stereocenters. The second-order valence-electron chi connectivity index (χ2n) is 8.73. The number of nitrogens with one attached hydrogen (secondary N) is 1. The molecule has 0 radical (unpaired) electrons. The van der Waals surface area contributed by atoms with Gasteiger partial charge in [0, 0.05) is 35.6 Å². The van der Waals surface area contributed by atoms with Crippen LogP contribution in [0.1, 0.15) is 48.3 Å². The SMILES string of the molecule is Nc1nc2ccc(Nc3nc(N4CCCCC4)no3)cc2cc1[C@@H]1CCc2ccccc21. The minimum Gasteiger partial charge on any atom is -0.383 e. The van der Waals surface area contributed by atoms with E-state index in [4.69, 9.17) is 15.2 Å². The fourth-order valence-corrected chi connectivity index (χ4v) is 5.06. The molecule has 1 aliphatic heterocycles. The molecule has 3 heterocycles. The second-order valence-corrected chi connectivity index (χ2v) is 8.73. The largest absolute Gasteiger partial charge is 0.383 e. The summed E-state index contributed by atoms with van der Waals surface area (Å²) in [7, 11) is 0. The lowest BCUT2D eigenvalue weighted by atomic mass is 9.92. The summed E-state index contributed by atoms with van der Waals surface area (Å²) in [5, 5.41) is 8.44. The maximum Gasteiger partial charge on any atom is 0.327 e. The summed E-state index contributed by atoms with van der Waals surface area (Å²) in [6.07, 6.45) is 5.76. The molecule has 4 aromatic rings. The molecule has 0 spiro atoms. The minimum absolute atomic E-state index is 0.294. The zero-order valence-corrected chi connectivity index (χ0v) is 17.9. The van der Waals surface area contributed by atoms with Gasteiger partial charge in [0.15, 0.2) is 0 Å². The van der Waals surface area contributed by atoms with Gasteiger partial charge in [0.25, 0.3) is 5.95 Å². The quantitative estimate of drug-likeness (QED) is 0.474. The Morgan fingerprint density at radius 3 is 2.75 bits per heavy atom. The third-order valence-corrected chi connectivity index (χ3v) is 6.69. The van der Waals surface area contributed by atoms with Crippen molar-refractivity contribution in [2.24, 2.45) is 0 Å². The highest BCUT2D eigenvalue weighted by Crippen LogP contribution is 2.40. The van der Waals surface area contributed by atoms with Crippen molar-refractivity contribution in [1.29, 1.82) is 0 Å². The van der Waals surface area contributed by atoms with Crippen molar-refractivity contribution < 1.29 is 4.52 Å². The van der Waals surface area contributed by atoms with Gasteiger partial charge in [0.1, 0.15) is 5.82 Å². The van der Waals surface area contributed by atoms with E-state index in [-0.39, 0.29) is 0 Å². The number of aromatic nitrogens is 3. The zero-order chi connectivity index (χ0) is 21.5. The standard InChI is InChI=1S/C25H26N6O/c26-23-21(20-10-8-16-6-2-3-7-19(16)20)15-17-14-18(9-11-22(17)28-23)27-25-29-24(30-32-25)31-12-4-1-5-13-31/h2-3,6-7,9,11,14-15,20H,1,4-5,8,10,12-13H2,(H2,26,28)(H,27,29,30)/t20-/m1/s1. The first-order chi connectivity index (χ1) is 15.7. The van der Waals surface area contributed by atoms with E-state index in [1.807, 2.05) is 12.1 Å². The summed E-state index contributed by atoms with van der Waals surface area (Å²) in [4.78, 5) is 11.4. The number of hydrogen-bond acceptors (Lipinski definition) is 7. The van der Waals surface area contributed by atoms with Crippen LogP contribution in [0, 0.1) is 0 Å². The first-order valence-electron chi connectivity index (χ1n) is 11.4. The van der Waals surface area contributed by atoms with E-state index in [0.29, 0.717) is 23.7 Å². The lowest BCUT2D eigenvalue weighted by Crippen LogP contribution is -2.30. The number of nitrogens with two attached hydrogens (primary N) is 1. The number of piperidine rings is 1. The normalized spacial score (nSPS) is 18.1. The van der Waals surface area contributed by atoms with Gasteiger partial charge in [-0.25, -0.2) is 4.98 Å². The van der Waals surface area contributed by atoms with Gasteiger partial charge in [0.05, 0.1) is 5.52 Å². The first-order valence-corrected chi connectivity index (χ1v) is 11.4. The Labute approximate surface area is 186 Å². The number of benzene rings is 2. The maximum absolute atomic E-state index is 6.39. The van der Waals surface area contributed by atoms with Crippen molar-refractivity contribution in [3.05, 3.63) is 65.2 Å². The third-order valence-electron chi connectivity index (χ3n) is 6.69. The van der Waals surface area contributed by atoms with Crippen LogP contribution in [0.2, 0.25) is 0 Å². The smallest absolute Gasteiger partial charge is 0.327 e. The van der Waals surface area contributed by atoms with E-state index in [2.05, 4.69) is 56.8 Å². The Kier molecular flexibility index (Phi) is 4.67. The van der Waals surface area contributed by atoms with Crippen molar-refractivity contribution in [2.75, 3.05) is 29.0 Å². The molecule has 1 fully saturated rings. The van der Waals surface area contributed by atoms with Crippen LogP contribution in [0.25, 0.3) is 10.9 Å². The number of nitrogen functional groups attached to an aromatic ring is 1.